The molecule has 0 unspecified atom stereocenters. The molecule has 0 aromatic heterocycles. The Balaban J connectivity index is 2.99. The van der Waals surface area contributed by atoms with Gasteiger partial charge in [-0.2, -0.15) is 0 Å². The van der Waals surface area contributed by atoms with Gasteiger partial charge in [-0.15, -0.1) is 0 Å². The van der Waals surface area contributed by atoms with Gasteiger partial charge in [0.05, 0.1) is 0 Å². The number of hydrogen-bond donors (Lipinski definition) is 1. The monoisotopic (exact) mass is 244 g/mol. The van der Waals surface area contributed by atoms with E-state index in [-0.39, 0.29) is 5.78 Å². The molecule has 0 radical (unpaired) electrons. The van der Waals surface area contributed by atoms with Crippen molar-refractivity contribution in [3.8, 4) is 0 Å². The van der Waals surface area contributed by atoms with Crippen molar-refractivity contribution in [1.29, 1.82) is 0 Å². The largest absolute Gasteiger partial charge is 0.384 e. The van der Waals surface area contributed by atoms with Gasteiger partial charge in [-0.25, -0.2) is 0 Å². The van der Waals surface area contributed by atoms with E-state index in [1.54, 1.807) is 24.3 Å². The zero-order valence-corrected chi connectivity index (χ0v) is 11.2. The van der Waals surface area contributed by atoms with Crippen LogP contribution >= 0.6 is 0 Å². The number of allylic oxidation sites excluding steroid dienone is 2. The molecule has 0 aliphatic heterocycles. The Morgan fingerprint density at radius 1 is 1.33 bits per heavy atom. The average Bonchev–Trinajstić information content (AvgIpc) is 2.35. The number of Topliss-reactive ketones (excluding diaryl/α,β-unsaturated/α-hetero) is 1. The summed E-state index contributed by atoms with van der Waals surface area (Å²) in [7, 11) is 0. The van der Waals surface area contributed by atoms with Crippen LogP contribution in [-0.2, 0) is 0 Å². The maximum atomic E-state index is 11.2. The molecule has 0 aliphatic rings. The van der Waals surface area contributed by atoms with Crippen LogP contribution in [-0.4, -0.2) is 10.9 Å². The fourth-order valence-electron chi connectivity index (χ4n) is 1.81. The van der Waals surface area contributed by atoms with Crippen LogP contribution in [0.15, 0.2) is 48.1 Å². The minimum Gasteiger partial charge on any atom is -0.384 e. The first-order valence-corrected chi connectivity index (χ1v) is 6.10. The number of carbonyl (C=O) groups is 1. The fourth-order valence-corrected chi connectivity index (χ4v) is 1.81. The summed E-state index contributed by atoms with van der Waals surface area (Å²) in [6, 6.07) is 7.08. The summed E-state index contributed by atoms with van der Waals surface area (Å²) >= 11 is 0. The molecule has 1 aromatic rings. The van der Waals surface area contributed by atoms with Gasteiger partial charge in [0.25, 0.3) is 0 Å². The van der Waals surface area contributed by atoms with Gasteiger partial charge in [0.15, 0.2) is 5.78 Å². The van der Waals surface area contributed by atoms with Crippen molar-refractivity contribution >= 4 is 5.78 Å². The first-order valence-electron chi connectivity index (χ1n) is 6.10. The third kappa shape index (κ3) is 3.67. The summed E-state index contributed by atoms with van der Waals surface area (Å²) in [4.78, 5) is 11.2. The Morgan fingerprint density at radius 2 is 1.89 bits per heavy atom. The molecule has 0 fully saturated rings. The minimum atomic E-state index is -0.632. The molecule has 1 rings (SSSR count). The number of ketones is 1. The third-order valence-corrected chi connectivity index (χ3v) is 2.82. The zero-order chi connectivity index (χ0) is 13.7. The van der Waals surface area contributed by atoms with E-state index < -0.39 is 6.10 Å². The van der Waals surface area contributed by atoms with Crippen molar-refractivity contribution in [3.63, 3.8) is 0 Å². The predicted molar refractivity (Wildman–Crippen MR) is 74.6 cm³/mol. The highest BCUT2D eigenvalue weighted by atomic mass is 16.3. The first kappa shape index (κ1) is 14.4. The van der Waals surface area contributed by atoms with E-state index in [0.29, 0.717) is 5.56 Å². The number of aliphatic hydroxyl groups excluding tert-OH is 1. The van der Waals surface area contributed by atoms with Crippen molar-refractivity contribution in [2.45, 2.75) is 33.3 Å². The lowest BCUT2D eigenvalue weighted by Gasteiger charge is -2.14. The SMILES string of the molecule is C=C(C)/C=C(\CC)[C@@H](O)c1ccc(C(C)=O)cc1. The van der Waals surface area contributed by atoms with Crippen LogP contribution in [0.1, 0.15) is 49.2 Å². The summed E-state index contributed by atoms with van der Waals surface area (Å²) in [5.74, 6) is 0.0317. The lowest BCUT2D eigenvalue weighted by molar-refractivity contribution is 0.101. The molecule has 1 N–H and O–H groups in total. The van der Waals surface area contributed by atoms with Gasteiger partial charge < -0.3 is 5.11 Å². The molecular weight excluding hydrogens is 224 g/mol. The van der Waals surface area contributed by atoms with Crippen LogP contribution in [0.25, 0.3) is 0 Å². The van der Waals surface area contributed by atoms with Crippen LogP contribution in [0.4, 0.5) is 0 Å². The Labute approximate surface area is 109 Å². The lowest BCUT2D eigenvalue weighted by Crippen LogP contribution is -2.02. The van der Waals surface area contributed by atoms with Gasteiger partial charge in [-0.3, -0.25) is 4.79 Å². The quantitative estimate of drug-likeness (QED) is 0.631. The predicted octanol–water partition coefficient (Wildman–Crippen LogP) is 3.84. The molecule has 18 heavy (non-hydrogen) atoms. The second-order valence-electron chi connectivity index (χ2n) is 4.50. The number of hydrogen-bond acceptors (Lipinski definition) is 2. The van der Waals surface area contributed by atoms with Gasteiger partial charge in [-0.1, -0.05) is 49.4 Å². The molecule has 0 aliphatic carbocycles. The molecule has 2 heteroatoms. The van der Waals surface area contributed by atoms with E-state index in [0.717, 1.165) is 23.1 Å². The number of carbonyl (C=O) groups excluding carboxylic acids is 1. The van der Waals surface area contributed by atoms with E-state index in [4.69, 9.17) is 0 Å². The van der Waals surface area contributed by atoms with E-state index >= 15 is 0 Å². The van der Waals surface area contributed by atoms with Crippen LogP contribution in [0.2, 0.25) is 0 Å². The molecule has 0 bridgehead atoms. The van der Waals surface area contributed by atoms with Crippen LogP contribution < -0.4 is 0 Å². The van der Waals surface area contributed by atoms with E-state index in [1.807, 2.05) is 19.9 Å². The number of benzene rings is 1. The molecule has 0 heterocycles. The molecule has 0 saturated heterocycles. The Bertz CT molecular complexity index is 466. The lowest BCUT2D eigenvalue weighted by atomic mass is 9.96. The molecule has 96 valence electrons. The summed E-state index contributed by atoms with van der Waals surface area (Å²) in [5, 5.41) is 10.3. The smallest absolute Gasteiger partial charge is 0.159 e. The highest BCUT2D eigenvalue weighted by molar-refractivity contribution is 5.94. The minimum absolute atomic E-state index is 0.0317. The van der Waals surface area contributed by atoms with Crippen LogP contribution in [0, 0.1) is 0 Å². The highest BCUT2D eigenvalue weighted by Gasteiger charge is 2.12. The first-order chi connectivity index (χ1) is 8.45. The van der Waals surface area contributed by atoms with Gasteiger partial charge in [0.2, 0.25) is 0 Å². The van der Waals surface area contributed by atoms with E-state index in [2.05, 4.69) is 6.58 Å². The Kier molecular flexibility index (Phi) is 5.05. The zero-order valence-electron chi connectivity index (χ0n) is 11.2. The molecule has 0 amide bonds. The summed E-state index contributed by atoms with van der Waals surface area (Å²) < 4.78 is 0. The number of aliphatic hydroxyl groups is 1. The average molecular weight is 244 g/mol. The molecule has 2 nitrogen and oxygen atoms in total. The van der Waals surface area contributed by atoms with Crippen molar-refractivity contribution in [2.75, 3.05) is 0 Å². The van der Waals surface area contributed by atoms with Gasteiger partial charge >= 0.3 is 0 Å². The standard InChI is InChI=1S/C16H20O2/c1-5-13(10-11(2)3)16(18)15-8-6-14(7-9-15)12(4)17/h6-10,16,18H,2,5H2,1,3-4H3/b13-10+/t16-/m1/s1. The Morgan fingerprint density at radius 3 is 2.28 bits per heavy atom. The van der Waals surface area contributed by atoms with Gasteiger partial charge in [0.1, 0.15) is 6.10 Å². The van der Waals surface area contributed by atoms with Gasteiger partial charge in [0, 0.05) is 5.56 Å². The van der Waals surface area contributed by atoms with Crippen molar-refractivity contribution in [1.82, 2.24) is 0 Å². The van der Waals surface area contributed by atoms with Crippen molar-refractivity contribution < 1.29 is 9.90 Å². The van der Waals surface area contributed by atoms with Crippen LogP contribution in [0.5, 0.6) is 0 Å². The molecule has 0 spiro atoms. The van der Waals surface area contributed by atoms with Crippen LogP contribution in [0.3, 0.4) is 0 Å². The number of rotatable bonds is 5. The maximum Gasteiger partial charge on any atom is 0.159 e. The summed E-state index contributed by atoms with van der Waals surface area (Å²) in [6.07, 6.45) is 2.04. The van der Waals surface area contributed by atoms with E-state index in [1.165, 1.54) is 6.92 Å². The second kappa shape index (κ2) is 6.31. The Hall–Kier alpha value is -1.67. The third-order valence-electron chi connectivity index (χ3n) is 2.82. The fraction of sp³-hybridized carbons (Fsp3) is 0.312. The molecule has 1 atom stereocenters. The normalized spacial score (nSPS) is 13.2. The topological polar surface area (TPSA) is 37.3 Å². The van der Waals surface area contributed by atoms with Gasteiger partial charge in [-0.05, 0) is 31.4 Å². The summed E-state index contributed by atoms with van der Waals surface area (Å²) in [5.41, 5.74) is 3.31. The van der Waals surface area contributed by atoms with Crippen molar-refractivity contribution in [3.05, 3.63) is 59.2 Å². The maximum absolute atomic E-state index is 11.2. The second-order valence-corrected chi connectivity index (χ2v) is 4.50. The summed E-state index contributed by atoms with van der Waals surface area (Å²) in [6.45, 7) is 9.26. The highest BCUT2D eigenvalue weighted by Crippen LogP contribution is 2.25. The molecular formula is C16H20O2. The van der Waals surface area contributed by atoms with E-state index in [9.17, 15) is 9.90 Å². The molecule has 0 saturated carbocycles. The molecule has 1 aromatic carbocycles. The van der Waals surface area contributed by atoms with Crippen molar-refractivity contribution in [2.24, 2.45) is 0 Å².